The van der Waals surface area contributed by atoms with Crippen molar-refractivity contribution in [1.29, 1.82) is 0 Å². The second-order valence-electron chi connectivity index (χ2n) is 4.45. The van der Waals surface area contributed by atoms with Gasteiger partial charge in [-0.05, 0) is 12.1 Å². The Balaban J connectivity index is 1.82. The minimum absolute atomic E-state index is 0.146. The van der Waals surface area contributed by atoms with E-state index in [0.717, 1.165) is 0 Å². The van der Waals surface area contributed by atoms with Crippen molar-refractivity contribution in [2.75, 3.05) is 0 Å². The molecule has 0 spiro atoms. The van der Waals surface area contributed by atoms with Crippen LogP contribution in [0.5, 0.6) is 0 Å². The first-order valence-electron chi connectivity index (χ1n) is 6.07. The second-order valence-corrected chi connectivity index (χ2v) is 6.58. The number of nitrogens with one attached hydrogen (secondary N) is 1. The first kappa shape index (κ1) is 14.6. The fourth-order valence-electron chi connectivity index (χ4n) is 1.87. The van der Waals surface area contributed by atoms with Crippen molar-refractivity contribution in [2.45, 2.75) is 5.75 Å². The van der Waals surface area contributed by atoms with Gasteiger partial charge in [-0.1, -0.05) is 28.9 Å². The fraction of sp³-hybridized carbons (Fsp3) is 0.0769. The molecule has 7 nitrogen and oxygen atoms in total. The van der Waals surface area contributed by atoms with Crippen LogP contribution in [0.25, 0.3) is 11.0 Å². The molecule has 1 aromatic carbocycles. The zero-order valence-corrected chi connectivity index (χ0v) is 12.5. The van der Waals surface area contributed by atoms with Crippen molar-refractivity contribution < 1.29 is 22.2 Å². The van der Waals surface area contributed by atoms with Crippen molar-refractivity contribution in [3.8, 4) is 0 Å². The van der Waals surface area contributed by atoms with Gasteiger partial charge < -0.3 is 8.94 Å². The van der Waals surface area contributed by atoms with E-state index >= 15 is 0 Å². The summed E-state index contributed by atoms with van der Waals surface area (Å²) in [4.78, 5) is 12.0. The molecule has 0 atom stereocenters. The zero-order valence-electron chi connectivity index (χ0n) is 10.9. The Morgan fingerprint density at radius 1 is 1.32 bits per heavy atom. The summed E-state index contributed by atoms with van der Waals surface area (Å²) in [6, 6.07) is 7.82. The predicted octanol–water partition coefficient (Wildman–Crippen LogP) is 2.33. The van der Waals surface area contributed by atoms with Crippen LogP contribution in [0.15, 0.2) is 45.5 Å². The molecule has 1 amide bonds. The molecule has 0 fully saturated rings. The van der Waals surface area contributed by atoms with Crippen molar-refractivity contribution in [3.05, 3.63) is 53.1 Å². The van der Waals surface area contributed by atoms with Crippen molar-refractivity contribution in [3.63, 3.8) is 0 Å². The van der Waals surface area contributed by atoms with Crippen LogP contribution in [-0.4, -0.2) is 19.5 Å². The number of sulfonamides is 1. The summed E-state index contributed by atoms with van der Waals surface area (Å²) in [5.41, 5.74) is 0.510. The van der Waals surface area contributed by atoms with Crippen LogP contribution >= 0.6 is 11.6 Å². The Bertz CT molecular complexity index is 931. The third-order valence-electron chi connectivity index (χ3n) is 2.80. The molecule has 0 saturated heterocycles. The van der Waals surface area contributed by atoms with Crippen LogP contribution in [0.1, 0.15) is 16.2 Å². The number of furan rings is 1. The van der Waals surface area contributed by atoms with Gasteiger partial charge in [-0.15, -0.1) is 0 Å². The lowest BCUT2D eigenvalue weighted by Crippen LogP contribution is -2.31. The lowest BCUT2D eigenvalue weighted by molar-refractivity contribution is 0.0956. The molecule has 114 valence electrons. The van der Waals surface area contributed by atoms with Gasteiger partial charge in [0.2, 0.25) is 10.0 Å². The number of aromatic nitrogens is 1. The SMILES string of the molecule is O=C(NS(=O)(=O)Cc1ccon1)c1cc2cccc(Cl)c2o1. The number of carbonyl (C=O) groups is 1. The number of fused-ring (bicyclic) bond motifs is 1. The Morgan fingerprint density at radius 2 is 2.14 bits per heavy atom. The minimum atomic E-state index is -3.91. The smallest absolute Gasteiger partial charge is 0.300 e. The summed E-state index contributed by atoms with van der Waals surface area (Å²) in [6.07, 6.45) is 1.24. The first-order valence-corrected chi connectivity index (χ1v) is 8.10. The number of benzene rings is 1. The van der Waals surface area contributed by atoms with E-state index in [2.05, 4.69) is 9.68 Å². The van der Waals surface area contributed by atoms with Gasteiger partial charge in [-0.3, -0.25) is 4.79 Å². The van der Waals surface area contributed by atoms with Crippen LogP contribution < -0.4 is 4.72 Å². The van der Waals surface area contributed by atoms with E-state index in [9.17, 15) is 13.2 Å². The lowest BCUT2D eigenvalue weighted by atomic mass is 10.2. The second kappa shape index (κ2) is 5.47. The lowest BCUT2D eigenvalue weighted by Gasteiger charge is -2.02. The Kier molecular flexibility index (Phi) is 3.63. The molecule has 0 aliphatic heterocycles. The van der Waals surface area contributed by atoms with Gasteiger partial charge in [0.15, 0.2) is 11.3 Å². The van der Waals surface area contributed by atoms with Gasteiger partial charge in [0, 0.05) is 11.5 Å². The molecule has 2 aromatic heterocycles. The van der Waals surface area contributed by atoms with Gasteiger partial charge in [-0.2, -0.15) is 0 Å². The molecule has 22 heavy (non-hydrogen) atoms. The average Bonchev–Trinajstić information content (AvgIpc) is 3.07. The average molecular weight is 341 g/mol. The quantitative estimate of drug-likeness (QED) is 0.782. The number of amides is 1. The van der Waals surface area contributed by atoms with Crippen LogP contribution in [0, 0.1) is 0 Å². The molecule has 1 N–H and O–H groups in total. The van der Waals surface area contributed by atoms with Crippen molar-refractivity contribution >= 4 is 38.5 Å². The van der Waals surface area contributed by atoms with E-state index in [4.69, 9.17) is 16.0 Å². The van der Waals surface area contributed by atoms with Crippen LogP contribution in [-0.2, 0) is 15.8 Å². The molecule has 9 heteroatoms. The van der Waals surface area contributed by atoms with Gasteiger partial charge in [0.25, 0.3) is 5.91 Å². The number of hydrogen-bond donors (Lipinski definition) is 1. The number of hydrogen-bond acceptors (Lipinski definition) is 6. The fourth-order valence-corrected chi connectivity index (χ4v) is 3.09. The topological polar surface area (TPSA) is 102 Å². The molecule has 0 radical (unpaired) electrons. The third kappa shape index (κ3) is 2.97. The van der Waals surface area contributed by atoms with Gasteiger partial charge >= 0.3 is 0 Å². The molecule has 0 aliphatic carbocycles. The summed E-state index contributed by atoms with van der Waals surface area (Å²) in [7, 11) is -3.91. The number of carbonyl (C=O) groups excluding carboxylic acids is 1. The zero-order chi connectivity index (χ0) is 15.7. The Hall–Kier alpha value is -2.32. The van der Waals surface area contributed by atoms with Crippen molar-refractivity contribution in [2.24, 2.45) is 0 Å². The molecular weight excluding hydrogens is 332 g/mol. The highest BCUT2D eigenvalue weighted by molar-refractivity contribution is 7.89. The first-order chi connectivity index (χ1) is 10.4. The van der Waals surface area contributed by atoms with E-state index in [1.54, 1.807) is 18.2 Å². The maximum Gasteiger partial charge on any atom is 0.300 e. The molecule has 3 aromatic rings. The highest BCUT2D eigenvalue weighted by Crippen LogP contribution is 2.26. The number of para-hydroxylation sites is 1. The van der Waals surface area contributed by atoms with Gasteiger partial charge in [0.05, 0.1) is 5.02 Å². The Morgan fingerprint density at radius 3 is 2.82 bits per heavy atom. The van der Waals surface area contributed by atoms with Gasteiger partial charge in [0.1, 0.15) is 17.7 Å². The molecule has 0 bridgehead atoms. The summed E-state index contributed by atoms with van der Waals surface area (Å²) >= 11 is 5.94. The normalized spacial score (nSPS) is 11.7. The highest BCUT2D eigenvalue weighted by atomic mass is 35.5. The number of nitrogens with zero attached hydrogens (tertiary/aromatic N) is 1. The molecule has 0 saturated carbocycles. The standard InChI is InChI=1S/C13H9ClN2O5S/c14-10-3-1-2-8-6-11(21-12(8)10)13(17)16-22(18,19)7-9-4-5-20-15-9/h1-6H,7H2,(H,16,17). The molecule has 0 aliphatic rings. The summed E-state index contributed by atoms with van der Waals surface area (Å²) in [5, 5.41) is 4.42. The maximum atomic E-state index is 12.0. The van der Waals surface area contributed by atoms with E-state index in [1.807, 2.05) is 4.72 Å². The summed E-state index contributed by atoms with van der Waals surface area (Å²) < 4.78 is 35.5. The third-order valence-corrected chi connectivity index (χ3v) is 4.27. The van der Waals surface area contributed by atoms with E-state index in [0.29, 0.717) is 16.0 Å². The van der Waals surface area contributed by atoms with Gasteiger partial charge in [-0.25, -0.2) is 13.1 Å². The van der Waals surface area contributed by atoms with Crippen molar-refractivity contribution in [1.82, 2.24) is 9.88 Å². The molecule has 3 rings (SSSR count). The maximum absolute atomic E-state index is 12.0. The van der Waals surface area contributed by atoms with E-state index in [-0.39, 0.29) is 11.5 Å². The van der Waals surface area contributed by atoms with E-state index < -0.39 is 21.7 Å². The van der Waals surface area contributed by atoms with Crippen LogP contribution in [0.2, 0.25) is 5.02 Å². The van der Waals surface area contributed by atoms with Crippen LogP contribution in [0.4, 0.5) is 0 Å². The number of halogens is 1. The summed E-state index contributed by atoms with van der Waals surface area (Å²) in [5.74, 6) is -1.50. The Labute approximate surface area is 129 Å². The van der Waals surface area contributed by atoms with Crippen LogP contribution in [0.3, 0.4) is 0 Å². The summed E-state index contributed by atoms with van der Waals surface area (Å²) in [6.45, 7) is 0. The minimum Gasteiger partial charge on any atom is -0.449 e. The monoisotopic (exact) mass is 340 g/mol. The molecular formula is C13H9ClN2O5S. The van der Waals surface area contributed by atoms with E-state index in [1.165, 1.54) is 18.4 Å². The number of rotatable bonds is 4. The molecule has 2 heterocycles. The highest BCUT2D eigenvalue weighted by Gasteiger charge is 2.21. The predicted molar refractivity (Wildman–Crippen MR) is 77.8 cm³/mol. The molecule has 0 unspecified atom stereocenters. The largest absolute Gasteiger partial charge is 0.449 e.